The second-order valence-electron chi connectivity index (χ2n) is 7.79. The van der Waals surface area contributed by atoms with Gasteiger partial charge < -0.3 is 9.80 Å². The van der Waals surface area contributed by atoms with Gasteiger partial charge in [0.2, 0.25) is 5.91 Å². The lowest BCUT2D eigenvalue weighted by atomic mass is 10.0. The van der Waals surface area contributed by atoms with Crippen LogP contribution >= 0.6 is 0 Å². The quantitative estimate of drug-likeness (QED) is 0.835. The maximum absolute atomic E-state index is 12.0. The zero-order valence-electron chi connectivity index (χ0n) is 15.5. The normalized spacial score (nSPS) is 19.3. The van der Waals surface area contributed by atoms with Gasteiger partial charge in [0.05, 0.1) is 24.0 Å². The number of carbonyl (C=O) groups excluding carboxylic acids is 1. The Hall–Kier alpha value is -2.37. The van der Waals surface area contributed by atoms with E-state index < -0.39 is 0 Å². The standard InChI is InChI=1S/C20H25N5O/c1-13-5-8-19-17(21-13)4-3-10-24(19)20-16-12-23(14(2)26)11-9-18(16)25(22-20)15-6-7-15/h5,8,15H,3-4,6-7,9-12H2,1-2H3. The minimum Gasteiger partial charge on any atom is -0.338 e. The molecule has 0 spiro atoms. The Bertz CT molecular complexity index is 883. The molecule has 0 radical (unpaired) electrons. The average Bonchev–Trinajstić information content (AvgIpc) is 3.41. The summed E-state index contributed by atoms with van der Waals surface area (Å²) in [5.41, 5.74) is 6.01. The van der Waals surface area contributed by atoms with Crippen molar-refractivity contribution in [1.82, 2.24) is 19.7 Å². The van der Waals surface area contributed by atoms with Crippen molar-refractivity contribution in [2.75, 3.05) is 18.0 Å². The van der Waals surface area contributed by atoms with Crippen molar-refractivity contribution in [3.05, 3.63) is 34.8 Å². The monoisotopic (exact) mass is 351 g/mol. The lowest BCUT2D eigenvalue weighted by Gasteiger charge is -2.32. The van der Waals surface area contributed by atoms with Crippen molar-refractivity contribution in [2.45, 2.75) is 58.5 Å². The molecule has 0 aromatic carbocycles. The molecule has 136 valence electrons. The Balaban J connectivity index is 1.61. The highest BCUT2D eigenvalue weighted by atomic mass is 16.2. The number of amides is 1. The Morgan fingerprint density at radius 2 is 2.04 bits per heavy atom. The summed E-state index contributed by atoms with van der Waals surface area (Å²) in [6.07, 6.45) is 5.47. The fraction of sp³-hybridized carbons (Fsp3) is 0.550. The molecule has 0 N–H and O–H groups in total. The van der Waals surface area contributed by atoms with Crippen LogP contribution in [-0.4, -0.2) is 38.7 Å². The molecule has 6 nitrogen and oxygen atoms in total. The van der Waals surface area contributed by atoms with Crippen molar-refractivity contribution < 1.29 is 4.79 Å². The Morgan fingerprint density at radius 3 is 2.81 bits per heavy atom. The molecule has 5 rings (SSSR count). The van der Waals surface area contributed by atoms with Gasteiger partial charge in [-0.1, -0.05) is 0 Å². The molecule has 1 saturated carbocycles. The summed E-state index contributed by atoms with van der Waals surface area (Å²) in [4.78, 5) is 21.0. The molecule has 1 fully saturated rings. The minimum absolute atomic E-state index is 0.150. The van der Waals surface area contributed by atoms with E-state index in [-0.39, 0.29) is 5.91 Å². The fourth-order valence-corrected chi connectivity index (χ4v) is 4.31. The third-order valence-corrected chi connectivity index (χ3v) is 5.83. The number of rotatable bonds is 2. The summed E-state index contributed by atoms with van der Waals surface area (Å²) in [6.45, 7) is 6.16. The van der Waals surface area contributed by atoms with Crippen LogP contribution in [0.3, 0.4) is 0 Å². The first-order valence-electron chi connectivity index (χ1n) is 9.71. The van der Waals surface area contributed by atoms with Gasteiger partial charge in [-0.25, -0.2) is 0 Å². The molecule has 6 heteroatoms. The van der Waals surface area contributed by atoms with E-state index in [1.807, 2.05) is 11.8 Å². The third-order valence-electron chi connectivity index (χ3n) is 5.83. The number of pyridine rings is 1. The Morgan fingerprint density at radius 1 is 1.19 bits per heavy atom. The van der Waals surface area contributed by atoms with Gasteiger partial charge in [0.15, 0.2) is 5.82 Å². The van der Waals surface area contributed by atoms with E-state index in [1.165, 1.54) is 35.5 Å². The highest BCUT2D eigenvalue weighted by Crippen LogP contribution is 2.42. The molecule has 1 aliphatic carbocycles. The second kappa shape index (κ2) is 5.83. The summed E-state index contributed by atoms with van der Waals surface area (Å²) in [6, 6.07) is 4.83. The number of anilines is 2. The summed E-state index contributed by atoms with van der Waals surface area (Å²) in [7, 11) is 0. The SMILES string of the molecule is CC(=O)N1CCc2c(c(N3CCCc4nc(C)ccc43)nn2C2CC2)C1. The Labute approximate surface area is 153 Å². The molecule has 3 aliphatic rings. The molecule has 0 saturated heterocycles. The van der Waals surface area contributed by atoms with Gasteiger partial charge in [-0.05, 0) is 44.7 Å². The highest BCUT2D eigenvalue weighted by molar-refractivity contribution is 5.75. The molecule has 4 heterocycles. The summed E-state index contributed by atoms with van der Waals surface area (Å²) in [5.74, 6) is 1.20. The summed E-state index contributed by atoms with van der Waals surface area (Å²) >= 11 is 0. The van der Waals surface area contributed by atoms with E-state index in [0.29, 0.717) is 12.6 Å². The van der Waals surface area contributed by atoms with Gasteiger partial charge in [0, 0.05) is 43.4 Å². The second-order valence-corrected chi connectivity index (χ2v) is 7.79. The van der Waals surface area contributed by atoms with Gasteiger partial charge in [-0.2, -0.15) is 5.10 Å². The van der Waals surface area contributed by atoms with Crippen LogP contribution in [0.15, 0.2) is 12.1 Å². The molecule has 0 unspecified atom stereocenters. The molecule has 1 amide bonds. The average molecular weight is 351 g/mol. The smallest absolute Gasteiger partial charge is 0.219 e. The van der Waals surface area contributed by atoms with Crippen molar-refractivity contribution in [2.24, 2.45) is 0 Å². The van der Waals surface area contributed by atoms with E-state index in [0.717, 1.165) is 43.9 Å². The van der Waals surface area contributed by atoms with Gasteiger partial charge in [-0.3, -0.25) is 14.5 Å². The van der Waals surface area contributed by atoms with E-state index in [1.54, 1.807) is 6.92 Å². The predicted octanol–water partition coefficient (Wildman–Crippen LogP) is 2.91. The van der Waals surface area contributed by atoms with E-state index >= 15 is 0 Å². The number of fused-ring (bicyclic) bond motifs is 2. The maximum atomic E-state index is 12.0. The predicted molar refractivity (Wildman–Crippen MR) is 99.6 cm³/mol. The largest absolute Gasteiger partial charge is 0.338 e. The van der Waals surface area contributed by atoms with Crippen LogP contribution in [0.5, 0.6) is 0 Å². The van der Waals surface area contributed by atoms with E-state index in [9.17, 15) is 4.79 Å². The topological polar surface area (TPSA) is 54.3 Å². The van der Waals surface area contributed by atoms with E-state index in [4.69, 9.17) is 10.1 Å². The minimum atomic E-state index is 0.150. The molecule has 0 atom stereocenters. The maximum Gasteiger partial charge on any atom is 0.219 e. The molecule has 2 aromatic heterocycles. The fourth-order valence-electron chi connectivity index (χ4n) is 4.31. The number of aryl methyl sites for hydroxylation is 2. The van der Waals surface area contributed by atoms with Crippen molar-refractivity contribution in [3.8, 4) is 0 Å². The van der Waals surface area contributed by atoms with Gasteiger partial charge in [0.1, 0.15) is 0 Å². The number of hydrogen-bond donors (Lipinski definition) is 0. The lowest BCUT2D eigenvalue weighted by Crippen LogP contribution is -2.35. The zero-order chi connectivity index (χ0) is 17.8. The number of hydrogen-bond acceptors (Lipinski definition) is 4. The van der Waals surface area contributed by atoms with Crippen LogP contribution in [0.25, 0.3) is 0 Å². The molecule has 2 aromatic rings. The van der Waals surface area contributed by atoms with Crippen LogP contribution in [-0.2, 0) is 24.2 Å². The molecule has 2 aliphatic heterocycles. The highest BCUT2D eigenvalue weighted by Gasteiger charge is 2.35. The van der Waals surface area contributed by atoms with Crippen LogP contribution < -0.4 is 4.90 Å². The van der Waals surface area contributed by atoms with Crippen LogP contribution in [0.2, 0.25) is 0 Å². The van der Waals surface area contributed by atoms with Crippen LogP contribution in [0.1, 0.15) is 54.9 Å². The molecule has 26 heavy (non-hydrogen) atoms. The number of carbonyl (C=O) groups is 1. The van der Waals surface area contributed by atoms with Crippen molar-refractivity contribution in [1.29, 1.82) is 0 Å². The van der Waals surface area contributed by atoms with Crippen molar-refractivity contribution in [3.63, 3.8) is 0 Å². The van der Waals surface area contributed by atoms with E-state index in [2.05, 4.69) is 21.7 Å². The van der Waals surface area contributed by atoms with Crippen LogP contribution in [0.4, 0.5) is 11.5 Å². The van der Waals surface area contributed by atoms with Crippen LogP contribution in [0, 0.1) is 6.92 Å². The first-order chi connectivity index (χ1) is 12.6. The molecular weight excluding hydrogens is 326 g/mol. The first kappa shape index (κ1) is 15.9. The lowest BCUT2D eigenvalue weighted by molar-refractivity contribution is -0.129. The zero-order valence-corrected chi connectivity index (χ0v) is 15.5. The molecular formula is C20H25N5O. The third kappa shape index (κ3) is 2.50. The number of nitrogens with zero attached hydrogens (tertiary/aromatic N) is 5. The molecule has 0 bridgehead atoms. The van der Waals surface area contributed by atoms with Crippen molar-refractivity contribution >= 4 is 17.4 Å². The van der Waals surface area contributed by atoms with Gasteiger partial charge in [0.25, 0.3) is 0 Å². The summed E-state index contributed by atoms with van der Waals surface area (Å²) in [5, 5.41) is 5.07. The first-order valence-corrected chi connectivity index (χ1v) is 9.71. The van der Waals surface area contributed by atoms with Gasteiger partial charge >= 0.3 is 0 Å². The Kier molecular flexibility index (Phi) is 3.55. The summed E-state index contributed by atoms with van der Waals surface area (Å²) < 4.78 is 2.26. The number of aromatic nitrogens is 3. The van der Waals surface area contributed by atoms with Gasteiger partial charge in [-0.15, -0.1) is 0 Å².